The van der Waals surface area contributed by atoms with Crippen molar-refractivity contribution in [2.24, 2.45) is 0 Å². The number of aliphatic hydroxyl groups is 1. The Labute approximate surface area is 105 Å². The molecule has 0 saturated carbocycles. The number of likely N-dealkylation sites (tertiary alicyclic amines) is 1. The second-order valence-corrected chi connectivity index (χ2v) is 5.15. The van der Waals surface area contributed by atoms with Crippen molar-refractivity contribution in [3.8, 4) is 0 Å². The zero-order valence-electron chi connectivity index (χ0n) is 11.3. The van der Waals surface area contributed by atoms with Crippen molar-refractivity contribution < 1.29 is 14.6 Å². The zero-order chi connectivity index (χ0) is 12.6. The number of hydrogen-bond donors (Lipinski definition) is 1. The van der Waals surface area contributed by atoms with Crippen molar-refractivity contribution in [1.82, 2.24) is 4.90 Å². The van der Waals surface area contributed by atoms with Crippen LogP contribution in [0.4, 0.5) is 0 Å². The molecule has 0 amide bonds. The van der Waals surface area contributed by atoms with Gasteiger partial charge in [0.2, 0.25) is 0 Å². The van der Waals surface area contributed by atoms with E-state index >= 15 is 0 Å². The van der Waals surface area contributed by atoms with Crippen molar-refractivity contribution in [3.63, 3.8) is 0 Å². The maximum absolute atomic E-state index is 9.98. The highest BCUT2D eigenvalue weighted by Gasteiger charge is 2.24. The lowest BCUT2D eigenvalue weighted by atomic mass is 9.98. The summed E-state index contributed by atoms with van der Waals surface area (Å²) in [5.74, 6) is 0. The Morgan fingerprint density at radius 2 is 2.00 bits per heavy atom. The fourth-order valence-electron chi connectivity index (χ4n) is 2.18. The molecule has 1 aliphatic rings. The van der Waals surface area contributed by atoms with E-state index in [1.54, 1.807) is 7.11 Å². The standard InChI is InChI=1S/C13H27NO3/c1-13(15)5-3-7-14(9-6-13)8-4-10-17-12-11-16-2/h15H,3-12H2,1-2H3. The largest absolute Gasteiger partial charge is 0.390 e. The van der Waals surface area contributed by atoms with Crippen LogP contribution < -0.4 is 0 Å². The summed E-state index contributed by atoms with van der Waals surface area (Å²) in [6.45, 7) is 7.29. The molecule has 0 aliphatic carbocycles. The molecule has 17 heavy (non-hydrogen) atoms. The summed E-state index contributed by atoms with van der Waals surface area (Å²) in [5, 5.41) is 9.98. The van der Waals surface area contributed by atoms with Crippen molar-refractivity contribution in [2.45, 2.75) is 38.2 Å². The van der Waals surface area contributed by atoms with Crippen molar-refractivity contribution in [2.75, 3.05) is 46.6 Å². The minimum Gasteiger partial charge on any atom is -0.390 e. The third-order valence-electron chi connectivity index (χ3n) is 3.35. The van der Waals surface area contributed by atoms with Crippen LogP contribution in [0.3, 0.4) is 0 Å². The van der Waals surface area contributed by atoms with Crippen LogP contribution in [0.25, 0.3) is 0 Å². The van der Waals surface area contributed by atoms with Gasteiger partial charge < -0.3 is 19.5 Å². The Balaban J connectivity index is 2.03. The van der Waals surface area contributed by atoms with Crippen molar-refractivity contribution in [1.29, 1.82) is 0 Å². The minimum absolute atomic E-state index is 0.455. The highest BCUT2D eigenvalue weighted by Crippen LogP contribution is 2.21. The second-order valence-electron chi connectivity index (χ2n) is 5.15. The molecule has 1 saturated heterocycles. The highest BCUT2D eigenvalue weighted by molar-refractivity contribution is 4.78. The van der Waals surface area contributed by atoms with Gasteiger partial charge in [-0.25, -0.2) is 0 Å². The number of rotatable bonds is 7. The first-order chi connectivity index (χ1) is 8.14. The lowest BCUT2D eigenvalue weighted by Gasteiger charge is -2.22. The minimum atomic E-state index is -0.455. The monoisotopic (exact) mass is 245 g/mol. The first-order valence-electron chi connectivity index (χ1n) is 6.65. The molecule has 0 radical (unpaired) electrons. The molecule has 4 nitrogen and oxygen atoms in total. The molecule has 1 rings (SSSR count). The van der Waals surface area contributed by atoms with E-state index < -0.39 is 5.60 Å². The molecule has 0 bridgehead atoms. The third kappa shape index (κ3) is 6.99. The fourth-order valence-corrected chi connectivity index (χ4v) is 2.18. The predicted octanol–water partition coefficient (Wildman–Crippen LogP) is 1.28. The second kappa shape index (κ2) is 8.03. The molecular formula is C13H27NO3. The first kappa shape index (κ1) is 14.9. The molecule has 102 valence electrons. The quantitative estimate of drug-likeness (QED) is 0.686. The molecule has 1 heterocycles. The van der Waals surface area contributed by atoms with E-state index in [0.29, 0.717) is 13.2 Å². The van der Waals surface area contributed by atoms with E-state index in [9.17, 15) is 5.11 Å². The van der Waals surface area contributed by atoms with Gasteiger partial charge in [-0.15, -0.1) is 0 Å². The average molecular weight is 245 g/mol. The number of methoxy groups -OCH3 is 1. The van der Waals surface area contributed by atoms with Crippen molar-refractivity contribution in [3.05, 3.63) is 0 Å². The molecule has 1 atom stereocenters. The van der Waals surface area contributed by atoms with E-state index in [-0.39, 0.29) is 0 Å². The third-order valence-corrected chi connectivity index (χ3v) is 3.35. The summed E-state index contributed by atoms with van der Waals surface area (Å²) >= 11 is 0. The van der Waals surface area contributed by atoms with Gasteiger partial charge in [-0.2, -0.15) is 0 Å². The lowest BCUT2D eigenvalue weighted by molar-refractivity contribution is 0.0435. The van der Waals surface area contributed by atoms with Crippen LogP contribution >= 0.6 is 0 Å². The molecule has 0 aromatic rings. The maximum atomic E-state index is 9.98. The Morgan fingerprint density at radius 3 is 2.76 bits per heavy atom. The average Bonchev–Trinajstić information content (AvgIpc) is 2.45. The van der Waals surface area contributed by atoms with E-state index in [4.69, 9.17) is 9.47 Å². The topological polar surface area (TPSA) is 41.9 Å². The summed E-state index contributed by atoms with van der Waals surface area (Å²) in [6.07, 6.45) is 3.97. The van der Waals surface area contributed by atoms with Gasteiger partial charge in [0.1, 0.15) is 0 Å². The molecule has 0 aromatic carbocycles. The number of hydrogen-bond acceptors (Lipinski definition) is 4. The Bertz CT molecular complexity index is 197. The molecule has 1 unspecified atom stereocenters. The zero-order valence-corrected chi connectivity index (χ0v) is 11.3. The van der Waals surface area contributed by atoms with Crippen LogP contribution in [0.2, 0.25) is 0 Å². The van der Waals surface area contributed by atoms with Crippen molar-refractivity contribution >= 4 is 0 Å². The Hall–Kier alpha value is -0.160. The molecule has 1 fully saturated rings. The van der Waals surface area contributed by atoms with Gasteiger partial charge in [0.15, 0.2) is 0 Å². The predicted molar refractivity (Wildman–Crippen MR) is 68.2 cm³/mol. The Kier molecular flexibility index (Phi) is 7.04. The van der Waals surface area contributed by atoms with E-state index in [2.05, 4.69) is 4.90 Å². The van der Waals surface area contributed by atoms with Crippen LogP contribution in [0, 0.1) is 0 Å². The van der Waals surface area contributed by atoms with Gasteiger partial charge in [0.25, 0.3) is 0 Å². The van der Waals surface area contributed by atoms with Crippen LogP contribution in [0.1, 0.15) is 32.6 Å². The Morgan fingerprint density at radius 1 is 1.18 bits per heavy atom. The number of ether oxygens (including phenoxy) is 2. The van der Waals surface area contributed by atoms with Gasteiger partial charge >= 0.3 is 0 Å². The molecule has 0 spiro atoms. The number of nitrogens with zero attached hydrogens (tertiary/aromatic N) is 1. The van der Waals surface area contributed by atoms with Gasteiger partial charge in [0.05, 0.1) is 18.8 Å². The van der Waals surface area contributed by atoms with Gasteiger partial charge in [-0.1, -0.05) is 0 Å². The van der Waals surface area contributed by atoms with Gasteiger partial charge in [-0.05, 0) is 39.2 Å². The summed E-state index contributed by atoms with van der Waals surface area (Å²) in [7, 11) is 1.69. The molecule has 0 aromatic heterocycles. The summed E-state index contributed by atoms with van der Waals surface area (Å²) < 4.78 is 10.4. The fraction of sp³-hybridized carbons (Fsp3) is 1.00. The van der Waals surface area contributed by atoms with Gasteiger partial charge in [-0.3, -0.25) is 0 Å². The SMILES string of the molecule is COCCOCCCN1CCCC(C)(O)CC1. The summed E-state index contributed by atoms with van der Waals surface area (Å²) in [5.41, 5.74) is -0.455. The summed E-state index contributed by atoms with van der Waals surface area (Å²) in [4.78, 5) is 2.43. The smallest absolute Gasteiger partial charge is 0.0700 e. The molecule has 1 N–H and O–H groups in total. The van der Waals surface area contributed by atoms with E-state index in [0.717, 1.165) is 51.9 Å². The van der Waals surface area contributed by atoms with Crippen LogP contribution in [-0.4, -0.2) is 62.2 Å². The first-order valence-corrected chi connectivity index (χ1v) is 6.65. The normalized spacial score (nSPS) is 27.0. The van der Waals surface area contributed by atoms with Crippen LogP contribution in [-0.2, 0) is 9.47 Å². The maximum Gasteiger partial charge on any atom is 0.0700 e. The molecule has 4 heteroatoms. The van der Waals surface area contributed by atoms with E-state index in [1.807, 2.05) is 6.92 Å². The lowest BCUT2D eigenvalue weighted by Crippen LogP contribution is -2.29. The molecular weight excluding hydrogens is 218 g/mol. The summed E-state index contributed by atoms with van der Waals surface area (Å²) in [6, 6.07) is 0. The highest BCUT2D eigenvalue weighted by atomic mass is 16.5. The van der Waals surface area contributed by atoms with E-state index in [1.165, 1.54) is 0 Å². The van der Waals surface area contributed by atoms with Gasteiger partial charge in [0, 0.05) is 26.8 Å². The van der Waals surface area contributed by atoms with Crippen LogP contribution in [0.15, 0.2) is 0 Å². The van der Waals surface area contributed by atoms with Crippen LogP contribution in [0.5, 0.6) is 0 Å². The molecule has 1 aliphatic heterocycles.